The van der Waals surface area contributed by atoms with Crippen LogP contribution in [0.5, 0.6) is 0 Å². The Balaban J connectivity index is 1.42. The minimum absolute atomic E-state index is 0.403. The summed E-state index contributed by atoms with van der Waals surface area (Å²) in [6.45, 7) is 4.55. The van der Waals surface area contributed by atoms with Gasteiger partial charge in [0.05, 0.1) is 0 Å². The predicted octanol–water partition coefficient (Wildman–Crippen LogP) is 5.11. The second-order valence-electron chi connectivity index (χ2n) is 7.57. The highest BCUT2D eigenvalue weighted by molar-refractivity contribution is 5.13. The molecular formula is C20H33F2NO. The molecule has 138 valence electrons. The molecule has 2 nitrogen and oxygen atoms in total. The Kier molecular flexibility index (Phi) is 7.89. The number of rotatable bonds is 12. The van der Waals surface area contributed by atoms with E-state index in [1.165, 1.54) is 25.7 Å². The Bertz CT molecular complexity index is 422. The molecule has 0 spiro atoms. The fraction of sp³-hybridized carbons (Fsp3) is 0.800. The number of nitrogens with one attached hydrogen (secondary N) is 1. The molecule has 2 rings (SSSR count). The molecule has 24 heavy (non-hydrogen) atoms. The van der Waals surface area contributed by atoms with Crippen LogP contribution in [-0.2, 0) is 4.74 Å². The average molecular weight is 341 g/mol. The molecule has 4 atom stereocenters. The first-order chi connectivity index (χ1) is 11.5. The van der Waals surface area contributed by atoms with Crippen molar-refractivity contribution >= 4 is 0 Å². The molecule has 2 aliphatic rings. The van der Waals surface area contributed by atoms with E-state index in [9.17, 15) is 8.78 Å². The lowest BCUT2D eigenvalue weighted by Crippen LogP contribution is -2.33. The minimum Gasteiger partial charge on any atom is -0.375 e. The lowest BCUT2D eigenvalue weighted by atomic mass is 9.94. The third-order valence-corrected chi connectivity index (χ3v) is 5.18. The second-order valence-corrected chi connectivity index (χ2v) is 7.57. The molecule has 4 heteroatoms. The minimum atomic E-state index is -2.76. The van der Waals surface area contributed by atoms with Crippen molar-refractivity contribution in [3.8, 4) is 0 Å². The summed E-state index contributed by atoms with van der Waals surface area (Å²) in [4.78, 5) is 0. The van der Waals surface area contributed by atoms with Crippen LogP contribution in [0.2, 0.25) is 0 Å². The first kappa shape index (κ1) is 19.6. The zero-order valence-corrected chi connectivity index (χ0v) is 15.1. The molecule has 1 N–H and O–H groups in total. The quantitative estimate of drug-likeness (QED) is 0.395. The van der Waals surface area contributed by atoms with Gasteiger partial charge in [0.15, 0.2) is 0 Å². The second kappa shape index (κ2) is 9.67. The number of ether oxygens (including phenoxy) is 1. The van der Waals surface area contributed by atoms with E-state index in [2.05, 4.69) is 19.2 Å². The van der Waals surface area contributed by atoms with Gasteiger partial charge in [0.2, 0.25) is 0 Å². The molecule has 1 aliphatic heterocycles. The van der Waals surface area contributed by atoms with E-state index < -0.39 is 18.4 Å². The lowest BCUT2D eigenvalue weighted by Gasteiger charge is -2.24. The fourth-order valence-electron chi connectivity index (χ4n) is 3.37. The summed E-state index contributed by atoms with van der Waals surface area (Å²) in [7, 11) is 0. The van der Waals surface area contributed by atoms with Gasteiger partial charge in [-0.2, -0.15) is 0 Å². The Morgan fingerprint density at radius 2 is 1.96 bits per heavy atom. The van der Waals surface area contributed by atoms with E-state index in [1.807, 2.05) is 6.08 Å². The third kappa shape index (κ3) is 7.02. The van der Waals surface area contributed by atoms with Gasteiger partial charge in [0, 0.05) is 24.6 Å². The van der Waals surface area contributed by atoms with Gasteiger partial charge in [-0.3, -0.25) is 0 Å². The maximum atomic E-state index is 13.9. The molecule has 1 aliphatic carbocycles. The fourth-order valence-corrected chi connectivity index (χ4v) is 3.37. The van der Waals surface area contributed by atoms with Crippen molar-refractivity contribution in [3.05, 3.63) is 24.3 Å². The Morgan fingerprint density at radius 1 is 1.21 bits per heavy atom. The number of hydrogen-bond donors (Lipinski definition) is 1. The summed E-state index contributed by atoms with van der Waals surface area (Å²) >= 11 is 0. The Hall–Kier alpha value is -0.740. The van der Waals surface area contributed by atoms with Crippen molar-refractivity contribution in [2.24, 2.45) is 11.8 Å². The summed E-state index contributed by atoms with van der Waals surface area (Å²) in [5.41, 5.74) is 0. The van der Waals surface area contributed by atoms with Gasteiger partial charge >= 0.3 is 0 Å². The third-order valence-electron chi connectivity index (χ3n) is 5.18. The number of unbranched alkanes of at least 4 members (excludes halogenated alkanes) is 3. The zero-order valence-electron chi connectivity index (χ0n) is 15.1. The van der Waals surface area contributed by atoms with E-state index in [-0.39, 0.29) is 0 Å². The molecule has 4 unspecified atom stereocenters. The summed E-state index contributed by atoms with van der Waals surface area (Å²) in [6.07, 6.45) is 14.2. The smallest absolute Gasteiger partial charge is 0.277 e. The summed E-state index contributed by atoms with van der Waals surface area (Å²) < 4.78 is 33.1. The van der Waals surface area contributed by atoms with E-state index >= 15 is 0 Å². The van der Waals surface area contributed by atoms with Crippen molar-refractivity contribution in [3.63, 3.8) is 0 Å². The number of hydrogen-bond acceptors (Lipinski definition) is 2. The molecule has 0 aromatic carbocycles. The van der Waals surface area contributed by atoms with Crippen LogP contribution in [-0.4, -0.2) is 31.2 Å². The molecule has 0 aromatic rings. The zero-order chi connectivity index (χ0) is 17.4. The van der Waals surface area contributed by atoms with Crippen molar-refractivity contribution in [2.75, 3.05) is 13.2 Å². The average Bonchev–Trinajstić information content (AvgIpc) is 3.25. The van der Waals surface area contributed by atoms with Crippen LogP contribution in [0.15, 0.2) is 24.3 Å². The van der Waals surface area contributed by atoms with E-state index in [1.54, 1.807) is 18.2 Å². The van der Waals surface area contributed by atoms with Crippen LogP contribution in [0.1, 0.15) is 58.8 Å². The number of allylic oxidation sites excluding steroid dienone is 4. The molecule has 0 bridgehead atoms. The number of alkyl halides is 2. The molecule has 0 aromatic heterocycles. The predicted molar refractivity (Wildman–Crippen MR) is 95.4 cm³/mol. The van der Waals surface area contributed by atoms with Crippen LogP contribution in [0.3, 0.4) is 0 Å². The van der Waals surface area contributed by atoms with Gasteiger partial charge in [-0.15, -0.1) is 0 Å². The Labute approximate surface area is 145 Å². The summed E-state index contributed by atoms with van der Waals surface area (Å²) in [6, 6.07) is 1.45. The van der Waals surface area contributed by atoms with Crippen LogP contribution < -0.4 is 5.32 Å². The highest BCUT2D eigenvalue weighted by Crippen LogP contribution is 2.31. The molecule has 0 amide bonds. The van der Waals surface area contributed by atoms with Crippen molar-refractivity contribution in [1.82, 2.24) is 5.32 Å². The van der Waals surface area contributed by atoms with Gasteiger partial charge in [0.25, 0.3) is 5.92 Å². The van der Waals surface area contributed by atoms with Crippen molar-refractivity contribution < 1.29 is 13.5 Å². The standard InChI is InChI=1S/C20H33F2NO/c1-16(14-19-17(2)23-19)10-6-3-4-9-13-24-15-20(21,22)18-11-7-5-8-12-18/h5,7-8,11,16-19,23H,3-4,6,9-10,12-15H2,1-2H3. The molecule has 1 saturated heterocycles. The van der Waals surface area contributed by atoms with Gasteiger partial charge < -0.3 is 10.1 Å². The molecular weight excluding hydrogens is 308 g/mol. The van der Waals surface area contributed by atoms with Crippen LogP contribution in [0.25, 0.3) is 0 Å². The summed E-state index contributed by atoms with van der Waals surface area (Å²) in [5.74, 6) is -2.70. The van der Waals surface area contributed by atoms with Gasteiger partial charge in [-0.05, 0) is 32.1 Å². The molecule has 1 fully saturated rings. The molecule has 1 heterocycles. The lowest BCUT2D eigenvalue weighted by molar-refractivity contribution is -0.105. The topological polar surface area (TPSA) is 31.2 Å². The highest BCUT2D eigenvalue weighted by atomic mass is 19.3. The van der Waals surface area contributed by atoms with Gasteiger partial charge in [0.1, 0.15) is 6.61 Å². The molecule has 0 saturated carbocycles. The van der Waals surface area contributed by atoms with Gasteiger partial charge in [-0.1, -0.05) is 56.9 Å². The number of halogens is 2. The summed E-state index contributed by atoms with van der Waals surface area (Å²) in [5, 5.41) is 3.44. The monoisotopic (exact) mass is 341 g/mol. The largest absolute Gasteiger partial charge is 0.375 e. The van der Waals surface area contributed by atoms with Crippen molar-refractivity contribution in [1.29, 1.82) is 0 Å². The maximum absolute atomic E-state index is 13.9. The van der Waals surface area contributed by atoms with Crippen LogP contribution in [0, 0.1) is 11.8 Å². The van der Waals surface area contributed by atoms with Crippen LogP contribution >= 0.6 is 0 Å². The first-order valence-corrected chi connectivity index (χ1v) is 9.54. The normalized spacial score (nSPS) is 27.4. The van der Waals surface area contributed by atoms with Crippen LogP contribution in [0.4, 0.5) is 8.78 Å². The SMILES string of the molecule is CC(CCCCCCOCC(F)(F)C1C=CC=CC1)CC1NC1C. The van der Waals surface area contributed by atoms with E-state index in [4.69, 9.17) is 4.74 Å². The maximum Gasteiger partial charge on any atom is 0.277 e. The van der Waals surface area contributed by atoms with Crippen molar-refractivity contribution in [2.45, 2.75) is 76.8 Å². The van der Waals surface area contributed by atoms with E-state index in [0.717, 1.165) is 24.8 Å². The van der Waals surface area contributed by atoms with E-state index in [0.29, 0.717) is 19.1 Å². The molecule has 0 radical (unpaired) electrons. The Morgan fingerprint density at radius 3 is 2.62 bits per heavy atom. The first-order valence-electron chi connectivity index (χ1n) is 9.54. The highest BCUT2D eigenvalue weighted by Gasteiger charge is 2.37. The van der Waals surface area contributed by atoms with Gasteiger partial charge in [-0.25, -0.2) is 8.78 Å².